The van der Waals surface area contributed by atoms with Crippen LogP contribution in [-0.4, -0.2) is 32.4 Å². The molecule has 0 aromatic heterocycles. The van der Waals surface area contributed by atoms with Gasteiger partial charge in [0.25, 0.3) is 0 Å². The van der Waals surface area contributed by atoms with E-state index in [2.05, 4.69) is 31.3 Å². The molecule has 1 N–H and O–H groups in total. The Kier molecular flexibility index (Phi) is 7.20. The summed E-state index contributed by atoms with van der Waals surface area (Å²) >= 11 is 0. The quantitative estimate of drug-likeness (QED) is 0.448. The van der Waals surface area contributed by atoms with Crippen LogP contribution in [-0.2, 0) is 0 Å². The minimum absolute atomic E-state index is 1.16. The Hall–Kier alpha value is -0.715. The van der Waals surface area contributed by atoms with Crippen molar-refractivity contribution in [1.29, 1.82) is 0 Å². The van der Waals surface area contributed by atoms with Gasteiger partial charge in [0.1, 0.15) is 6.20 Å². The molecule has 0 saturated carbocycles. The molecule has 1 heterocycles. The summed E-state index contributed by atoms with van der Waals surface area (Å²) in [5, 5.41) is 0. The van der Waals surface area contributed by atoms with E-state index >= 15 is 0 Å². The Morgan fingerprint density at radius 1 is 1.25 bits per heavy atom. The molecule has 0 radical (unpaired) electrons. The first-order valence-electron chi connectivity index (χ1n) is 5.45. The van der Waals surface area contributed by atoms with Crippen LogP contribution in [0.3, 0.4) is 0 Å². The summed E-state index contributed by atoms with van der Waals surface area (Å²) in [6.07, 6.45) is 8.45. The fourth-order valence-electron chi connectivity index (χ4n) is 1.38. The molecule has 0 amide bonds. The highest BCUT2D eigenvalue weighted by Crippen LogP contribution is 2.06. The molecule has 16 heavy (non-hydrogen) atoms. The first-order chi connectivity index (χ1) is 7.33. The molecule has 0 aliphatic carbocycles. The third-order valence-corrected chi connectivity index (χ3v) is 2.07. The van der Waals surface area contributed by atoms with E-state index in [0.717, 1.165) is 6.67 Å². The van der Waals surface area contributed by atoms with E-state index in [1.807, 2.05) is 0 Å². The zero-order chi connectivity index (χ0) is 12.6. The highest BCUT2D eigenvalue weighted by atomic mass is 19.5. The zero-order valence-corrected chi connectivity index (χ0v) is 9.73. The van der Waals surface area contributed by atoms with Crippen molar-refractivity contribution in [2.24, 2.45) is 0 Å². The monoisotopic (exact) mass is 242 g/mol. The third-order valence-electron chi connectivity index (χ3n) is 2.07. The minimum Gasteiger partial charge on any atom is -0.418 e. The summed E-state index contributed by atoms with van der Waals surface area (Å²) < 4.78 is 39.0. The molecule has 1 aliphatic heterocycles. The van der Waals surface area contributed by atoms with E-state index in [1.54, 1.807) is 0 Å². The maximum absolute atomic E-state index is 9.75. The molecule has 0 bridgehead atoms. The van der Waals surface area contributed by atoms with Crippen LogP contribution in [0.5, 0.6) is 0 Å². The molecule has 0 aromatic carbocycles. The molecule has 96 valence electrons. The predicted molar refractivity (Wildman–Crippen MR) is 57.3 cm³/mol. The van der Waals surface area contributed by atoms with Crippen molar-refractivity contribution >= 4 is 7.25 Å². The van der Waals surface area contributed by atoms with Gasteiger partial charge in [-0.15, -0.1) is 0 Å². The van der Waals surface area contributed by atoms with E-state index in [-0.39, 0.29) is 0 Å². The number of hydrogen-bond acceptors (Lipinski definition) is 1. The number of nitrogens with one attached hydrogen (secondary N) is 1. The lowest BCUT2D eigenvalue weighted by atomic mass is 10.2. The SMILES string of the molecule is CCCCCN1C=C[NH+](C)C1.F[B-](F)(F)F. The average molecular weight is 242 g/mol. The van der Waals surface area contributed by atoms with Gasteiger partial charge in [0, 0.05) is 6.54 Å². The lowest BCUT2D eigenvalue weighted by Crippen LogP contribution is -3.03. The fourth-order valence-corrected chi connectivity index (χ4v) is 1.38. The Morgan fingerprint density at radius 3 is 2.19 bits per heavy atom. The van der Waals surface area contributed by atoms with E-state index in [9.17, 15) is 17.3 Å². The van der Waals surface area contributed by atoms with Gasteiger partial charge in [0.2, 0.25) is 0 Å². The van der Waals surface area contributed by atoms with E-state index in [0.29, 0.717) is 0 Å². The number of rotatable bonds is 4. The molecule has 1 atom stereocenters. The highest BCUT2D eigenvalue weighted by molar-refractivity contribution is 6.50. The standard InChI is InChI=1S/C9H18N2.BF4/c1-3-4-5-6-11-8-7-10(2)9-11;2-1(3,4)5/h7-8H,3-6,9H2,1-2H3;/q;-1/p+1. The minimum atomic E-state index is -6.00. The normalized spacial score (nSPS) is 19.6. The van der Waals surface area contributed by atoms with Crippen molar-refractivity contribution in [2.45, 2.75) is 26.2 Å². The first-order valence-corrected chi connectivity index (χ1v) is 5.45. The number of halogens is 4. The molecule has 1 rings (SSSR count). The van der Waals surface area contributed by atoms with E-state index in [1.165, 1.54) is 30.7 Å². The van der Waals surface area contributed by atoms with Crippen molar-refractivity contribution in [2.75, 3.05) is 20.3 Å². The van der Waals surface area contributed by atoms with Gasteiger partial charge >= 0.3 is 7.25 Å². The van der Waals surface area contributed by atoms with Gasteiger partial charge < -0.3 is 22.2 Å². The van der Waals surface area contributed by atoms with Crippen molar-refractivity contribution < 1.29 is 22.2 Å². The van der Waals surface area contributed by atoms with Crippen molar-refractivity contribution in [3.63, 3.8) is 0 Å². The second-order valence-electron chi connectivity index (χ2n) is 3.83. The lowest BCUT2D eigenvalue weighted by molar-refractivity contribution is -0.826. The smallest absolute Gasteiger partial charge is 0.418 e. The summed E-state index contributed by atoms with van der Waals surface area (Å²) in [5.74, 6) is 0. The second kappa shape index (κ2) is 7.54. The number of hydrogen-bond donors (Lipinski definition) is 1. The average Bonchev–Trinajstić information content (AvgIpc) is 2.49. The number of unbranched alkanes of at least 4 members (excludes halogenated alkanes) is 2. The maximum Gasteiger partial charge on any atom is 0.673 e. The van der Waals surface area contributed by atoms with Crippen LogP contribution in [0.1, 0.15) is 26.2 Å². The molecule has 0 saturated heterocycles. The van der Waals surface area contributed by atoms with Crippen LogP contribution in [0.25, 0.3) is 0 Å². The molecule has 1 aliphatic rings. The summed E-state index contributed by atoms with van der Waals surface area (Å²) in [6.45, 7) is 4.64. The Morgan fingerprint density at radius 2 is 1.81 bits per heavy atom. The summed E-state index contributed by atoms with van der Waals surface area (Å²) in [5.41, 5.74) is 0. The first kappa shape index (κ1) is 15.3. The fraction of sp³-hybridized carbons (Fsp3) is 0.778. The van der Waals surface area contributed by atoms with Gasteiger partial charge in [0.15, 0.2) is 6.67 Å². The molecular formula is C9H19BF4N2. The largest absolute Gasteiger partial charge is 0.673 e. The topological polar surface area (TPSA) is 7.68 Å². The zero-order valence-electron chi connectivity index (χ0n) is 9.73. The van der Waals surface area contributed by atoms with Gasteiger partial charge in [-0.05, 0) is 6.42 Å². The van der Waals surface area contributed by atoms with Crippen LogP contribution in [0, 0.1) is 0 Å². The van der Waals surface area contributed by atoms with Gasteiger partial charge in [-0.2, -0.15) is 0 Å². The maximum atomic E-state index is 9.75. The molecule has 0 fully saturated rings. The van der Waals surface area contributed by atoms with Gasteiger partial charge in [-0.1, -0.05) is 19.8 Å². The van der Waals surface area contributed by atoms with Crippen LogP contribution >= 0.6 is 0 Å². The molecule has 0 spiro atoms. The predicted octanol–water partition coefficient (Wildman–Crippen LogP) is 1.74. The molecular weight excluding hydrogens is 223 g/mol. The Balaban J connectivity index is 0.000000385. The van der Waals surface area contributed by atoms with Crippen molar-refractivity contribution in [3.05, 3.63) is 12.4 Å². The Labute approximate surface area is 94.0 Å². The number of nitrogens with zero attached hydrogens (tertiary/aromatic N) is 1. The van der Waals surface area contributed by atoms with Crippen molar-refractivity contribution in [1.82, 2.24) is 4.90 Å². The van der Waals surface area contributed by atoms with Gasteiger partial charge in [-0.3, -0.25) is 4.90 Å². The molecule has 7 heteroatoms. The molecule has 2 nitrogen and oxygen atoms in total. The second-order valence-corrected chi connectivity index (χ2v) is 3.83. The molecule has 0 aromatic rings. The van der Waals surface area contributed by atoms with Crippen LogP contribution < -0.4 is 4.90 Å². The highest BCUT2D eigenvalue weighted by Gasteiger charge is 2.20. The third kappa shape index (κ3) is 11.4. The molecule has 1 unspecified atom stereocenters. The van der Waals surface area contributed by atoms with Crippen molar-refractivity contribution in [3.8, 4) is 0 Å². The van der Waals surface area contributed by atoms with Crippen LogP contribution in [0.2, 0.25) is 0 Å². The van der Waals surface area contributed by atoms with E-state index in [4.69, 9.17) is 0 Å². The Bertz CT molecular complexity index is 202. The summed E-state index contributed by atoms with van der Waals surface area (Å²) in [7, 11) is -3.81. The summed E-state index contributed by atoms with van der Waals surface area (Å²) in [6, 6.07) is 0. The van der Waals surface area contributed by atoms with Gasteiger partial charge in [-0.25, -0.2) is 0 Å². The summed E-state index contributed by atoms with van der Waals surface area (Å²) in [4.78, 5) is 3.88. The van der Waals surface area contributed by atoms with E-state index < -0.39 is 7.25 Å². The van der Waals surface area contributed by atoms with Crippen LogP contribution in [0.4, 0.5) is 17.3 Å². The lowest BCUT2D eigenvalue weighted by Gasteiger charge is -2.13. The number of quaternary nitrogens is 1. The van der Waals surface area contributed by atoms with Crippen LogP contribution in [0.15, 0.2) is 12.4 Å². The van der Waals surface area contributed by atoms with Gasteiger partial charge in [0.05, 0.1) is 13.2 Å².